The Morgan fingerprint density at radius 3 is 1.75 bits per heavy atom. The van der Waals surface area contributed by atoms with Crippen LogP contribution in [0.4, 0.5) is 0 Å². The van der Waals surface area contributed by atoms with E-state index in [0.717, 1.165) is 0 Å². The van der Waals surface area contributed by atoms with Crippen molar-refractivity contribution in [2.45, 2.75) is 33.0 Å². The standard InChI is InChI=1S/C6H13BBr/c1-5(2)6(3,4)7-8/h5H,1-4H3. The third-order valence-corrected chi connectivity index (χ3v) is 2.95. The number of hydrogen-bond donors (Lipinski definition) is 0. The first-order chi connectivity index (χ1) is 3.50. The minimum Gasteiger partial charge on any atom is -0.165 e. The molecule has 0 aliphatic heterocycles. The summed E-state index contributed by atoms with van der Waals surface area (Å²) in [5.74, 6) is 0.710. The first kappa shape index (κ1) is 8.54. The van der Waals surface area contributed by atoms with Gasteiger partial charge in [-0.3, -0.25) is 0 Å². The minimum absolute atomic E-state index is 0.333. The molecule has 0 N–H and O–H groups in total. The average Bonchev–Trinajstić information content (AvgIpc) is 1.67. The van der Waals surface area contributed by atoms with Gasteiger partial charge in [-0.2, -0.15) is 15.8 Å². The Hall–Kier alpha value is 0.545. The minimum atomic E-state index is 0.333. The Kier molecular flexibility index (Phi) is 3.10. The van der Waals surface area contributed by atoms with Crippen LogP contribution in [0.25, 0.3) is 0 Å². The van der Waals surface area contributed by atoms with Gasteiger partial charge in [0.05, 0.1) is 0 Å². The molecule has 0 fully saturated rings. The summed E-state index contributed by atoms with van der Waals surface area (Å²) in [5.41, 5.74) is 0. The molecule has 0 rings (SSSR count). The fourth-order valence-electron chi connectivity index (χ4n) is 0.126. The van der Waals surface area contributed by atoms with Gasteiger partial charge in [0.15, 0.2) is 0 Å². The van der Waals surface area contributed by atoms with Gasteiger partial charge in [-0.25, -0.2) is 0 Å². The van der Waals surface area contributed by atoms with Gasteiger partial charge in [0.25, 0.3) is 0 Å². The maximum Gasteiger partial charge on any atom is 0.212 e. The predicted octanol–water partition coefficient (Wildman–Crippen LogP) is 2.86. The maximum atomic E-state index is 3.35. The lowest BCUT2D eigenvalue weighted by molar-refractivity contribution is 0.479. The van der Waals surface area contributed by atoms with E-state index in [1.54, 1.807) is 0 Å². The van der Waals surface area contributed by atoms with Gasteiger partial charge < -0.3 is 0 Å². The summed E-state index contributed by atoms with van der Waals surface area (Å²) in [6.07, 6.45) is 2.07. The molecule has 0 saturated heterocycles. The fraction of sp³-hybridized carbons (Fsp3) is 1.00. The molecule has 0 aromatic carbocycles. The van der Waals surface area contributed by atoms with Crippen molar-refractivity contribution in [2.75, 3.05) is 0 Å². The van der Waals surface area contributed by atoms with Crippen LogP contribution in [0.5, 0.6) is 0 Å². The predicted molar refractivity (Wildman–Crippen MR) is 43.6 cm³/mol. The Morgan fingerprint density at radius 2 is 1.75 bits per heavy atom. The summed E-state index contributed by atoms with van der Waals surface area (Å²) < 4.78 is 0. The highest BCUT2D eigenvalue weighted by molar-refractivity contribution is 9.23. The number of hydrogen-bond acceptors (Lipinski definition) is 0. The summed E-state index contributed by atoms with van der Waals surface area (Å²) in [7, 11) is 0. The zero-order valence-corrected chi connectivity index (χ0v) is 7.62. The highest BCUT2D eigenvalue weighted by Gasteiger charge is 2.21. The lowest BCUT2D eigenvalue weighted by Gasteiger charge is -2.25. The van der Waals surface area contributed by atoms with Crippen molar-refractivity contribution in [3.8, 4) is 0 Å². The molecule has 47 valence electrons. The van der Waals surface area contributed by atoms with Crippen molar-refractivity contribution in [3.63, 3.8) is 0 Å². The molecule has 0 bridgehead atoms. The van der Waals surface area contributed by atoms with Crippen LogP contribution in [0.1, 0.15) is 27.7 Å². The molecular formula is C6H13BBr. The van der Waals surface area contributed by atoms with E-state index in [1.807, 2.05) is 0 Å². The van der Waals surface area contributed by atoms with Crippen LogP contribution in [0.15, 0.2) is 0 Å². The summed E-state index contributed by atoms with van der Waals surface area (Å²) in [6.45, 7) is 8.87. The molecule has 0 spiro atoms. The highest BCUT2D eigenvalue weighted by atomic mass is 79.9. The molecule has 0 amide bonds. The van der Waals surface area contributed by atoms with E-state index in [1.165, 1.54) is 0 Å². The summed E-state index contributed by atoms with van der Waals surface area (Å²) in [5, 5.41) is 0.333. The van der Waals surface area contributed by atoms with Crippen molar-refractivity contribution < 1.29 is 0 Å². The lowest BCUT2D eigenvalue weighted by Crippen LogP contribution is -2.14. The third kappa shape index (κ3) is 2.21. The van der Waals surface area contributed by atoms with Gasteiger partial charge >= 0.3 is 0 Å². The van der Waals surface area contributed by atoms with Gasteiger partial charge in [-0.15, -0.1) is 0 Å². The van der Waals surface area contributed by atoms with E-state index in [9.17, 15) is 0 Å². The molecule has 2 heteroatoms. The van der Waals surface area contributed by atoms with E-state index in [4.69, 9.17) is 0 Å². The van der Waals surface area contributed by atoms with Crippen molar-refractivity contribution in [2.24, 2.45) is 5.92 Å². The number of halogens is 1. The van der Waals surface area contributed by atoms with E-state index in [0.29, 0.717) is 11.2 Å². The second kappa shape index (κ2) is 2.91. The molecule has 0 saturated carbocycles. The zero-order valence-electron chi connectivity index (χ0n) is 6.03. The van der Waals surface area contributed by atoms with Crippen LogP contribution < -0.4 is 0 Å². The normalized spacial score (nSPS) is 12.2. The molecule has 0 nitrogen and oxygen atoms in total. The van der Waals surface area contributed by atoms with Crippen LogP contribution in [-0.2, 0) is 0 Å². The van der Waals surface area contributed by atoms with Crippen molar-refractivity contribution >= 4 is 21.9 Å². The van der Waals surface area contributed by atoms with Crippen molar-refractivity contribution in [3.05, 3.63) is 0 Å². The highest BCUT2D eigenvalue weighted by Crippen LogP contribution is 2.33. The maximum absolute atomic E-state index is 3.35. The zero-order chi connectivity index (χ0) is 6.78. The topological polar surface area (TPSA) is 0 Å². The molecule has 0 aromatic rings. The second-order valence-electron chi connectivity index (χ2n) is 3.09. The van der Waals surface area contributed by atoms with E-state index in [2.05, 4.69) is 49.6 Å². The van der Waals surface area contributed by atoms with E-state index in [-0.39, 0.29) is 0 Å². The summed E-state index contributed by atoms with van der Waals surface area (Å²) in [4.78, 5) is 0. The molecule has 8 heavy (non-hydrogen) atoms. The third-order valence-electron chi connectivity index (χ3n) is 1.77. The van der Waals surface area contributed by atoms with E-state index >= 15 is 0 Å². The van der Waals surface area contributed by atoms with Gasteiger partial charge in [0.1, 0.15) is 0 Å². The van der Waals surface area contributed by atoms with Crippen LogP contribution in [0, 0.1) is 5.92 Å². The molecule has 1 radical (unpaired) electrons. The van der Waals surface area contributed by atoms with Crippen LogP contribution in [-0.4, -0.2) is 6.10 Å². The summed E-state index contributed by atoms with van der Waals surface area (Å²) in [6, 6.07) is 0. The van der Waals surface area contributed by atoms with Gasteiger partial charge in [-0.05, 0) is 11.2 Å². The molecule has 0 atom stereocenters. The molecule has 0 aliphatic carbocycles. The Labute approximate surface area is 61.3 Å². The van der Waals surface area contributed by atoms with E-state index < -0.39 is 0 Å². The SMILES string of the molecule is CC(C)C(C)(C)[B]Br. The van der Waals surface area contributed by atoms with Crippen LogP contribution in [0.2, 0.25) is 5.31 Å². The molecule has 0 aliphatic rings. The van der Waals surface area contributed by atoms with Crippen molar-refractivity contribution in [1.82, 2.24) is 0 Å². The smallest absolute Gasteiger partial charge is 0.165 e. The van der Waals surface area contributed by atoms with Crippen LogP contribution in [0.3, 0.4) is 0 Å². The van der Waals surface area contributed by atoms with Crippen molar-refractivity contribution in [1.29, 1.82) is 0 Å². The van der Waals surface area contributed by atoms with Gasteiger partial charge in [0.2, 0.25) is 6.10 Å². The molecule has 0 aromatic heterocycles. The number of rotatable bonds is 2. The first-order valence-electron chi connectivity index (χ1n) is 2.95. The lowest BCUT2D eigenvalue weighted by atomic mass is 9.64. The second-order valence-corrected chi connectivity index (χ2v) is 3.54. The Bertz CT molecular complexity index is 68.9. The molecular weight excluding hydrogens is 163 g/mol. The monoisotopic (exact) mass is 175 g/mol. The molecule has 0 unspecified atom stereocenters. The van der Waals surface area contributed by atoms with Gasteiger partial charge in [-0.1, -0.05) is 27.7 Å². The quantitative estimate of drug-likeness (QED) is 0.567. The summed E-state index contributed by atoms with van der Waals surface area (Å²) >= 11 is 3.35. The fourth-order valence-corrected chi connectivity index (χ4v) is 0.655. The molecule has 0 heterocycles. The Morgan fingerprint density at radius 1 is 1.38 bits per heavy atom. The largest absolute Gasteiger partial charge is 0.212 e. The first-order valence-corrected chi connectivity index (χ1v) is 3.87. The van der Waals surface area contributed by atoms with Crippen LogP contribution >= 0.6 is 15.8 Å². The van der Waals surface area contributed by atoms with Gasteiger partial charge in [0, 0.05) is 0 Å². The Balaban J connectivity index is 3.71. The average molecular weight is 176 g/mol.